The van der Waals surface area contributed by atoms with Crippen LogP contribution in [0.1, 0.15) is 5.69 Å². The first-order valence-corrected chi connectivity index (χ1v) is 5.73. The second kappa shape index (κ2) is 5.07. The van der Waals surface area contributed by atoms with Crippen LogP contribution in [0.25, 0.3) is 5.82 Å². The highest BCUT2D eigenvalue weighted by Gasteiger charge is 2.36. The van der Waals surface area contributed by atoms with E-state index in [0.717, 1.165) is 10.9 Å². The van der Waals surface area contributed by atoms with Crippen LogP contribution < -0.4 is 5.32 Å². The second-order valence-electron chi connectivity index (χ2n) is 3.47. The quantitative estimate of drug-likeness (QED) is 0.867. The molecule has 20 heavy (non-hydrogen) atoms. The molecule has 0 radical (unpaired) electrons. The third-order valence-electron chi connectivity index (χ3n) is 2.06. The summed E-state index contributed by atoms with van der Waals surface area (Å²) in [5.41, 5.74) is -1.09. The first-order chi connectivity index (χ1) is 9.27. The fourth-order valence-electron chi connectivity index (χ4n) is 1.29. The number of rotatable bonds is 2. The molecule has 0 aliphatic carbocycles. The van der Waals surface area contributed by atoms with Crippen LogP contribution in [-0.4, -0.2) is 31.2 Å². The average molecular weight is 352 g/mol. The Morgan fingerprint density at radius 2 is 2.05 bits per heavy atom. The normalized spacial score (nSPS) is 11.4. The van der Waals surface area contributed by atoms with Crippen LogP contribution in [0, 0.1) is 0 Å². The van der Waals surface area contributed by atoms with E-state index in [1.165, 1.54) is 12.1 Å². The molecule has 0 aromatic carbocycles. The number of aromatic nitrogens is 4. The predicted molar refractivity (Wildman–Crippen MR) is 63.5 cm³/mol. The molecule has 11 heteroatoms. The van der Waals surface area contributed by atoms with Gasteiger partial charge in [-0.3, -0.25) is 5.32 Å². The number of anilines is 1. The third kappa shape index (κ3) is 3.04. The van der Waals surface area contributed by atoms with Crippen LogP contribution in [0.3, 0.4) is 0 Å². The largest absolute Gasteiger partial charge is 0.465 e. The lowest BCUT2D eigenvalue weighted by molar-refractivity contribution is -0.141. The summed E-state index contributed by atoms with van der Waals surface area (Å²) in [7, 11) is 0. The standard InChI is InChI=1S/C9H5BrF3N5O2/c10-4-3-18(17-7(4)9(11,12)13)6-2-1-5(15-16-6)14-8(19)20/h1-3H,(H,14,15)(H,19,20). The lowest BCUT2D eigenvalue weighted by Gasteiger charge is -2.03. The fraction of sp³-hybridized carbons (Fsp3) is 0.111. The molecule has 106 valence electrons. The topological polar surface area (TPSA) is 92.9 Å². The minimum absolute atomic E-state index is 0.0112. The number of hydrogen-bond acceptors (Lipinski definition) is 4. The van der Waals surface area contributed by atoms with Crippen molar-refractivity contribution in [3.8, 4) is 5.82 Å². The van der Waals surface area contributed by atoms with Gasteiger partial charge in [-0.05, 0) is 28.1 Å². The van der Waals surface area contributed by atoms with Crippen molar-refractivity contribution in [3.05, 3.63) is 28.5 Å². The van der Waals surface area contributed by atoms with Gasteiger partial charge >= 0.3 is 12.3 Å². The number of nitrogens with zero attached hydrogens (tertiary/aromatic N) is 4. The highest BCUT2D eigenvalue weighted by atomic mass is 79.9. The maximum atomic E-state index is 12.6. The van der Waals surface area contributed by atoms with Gasteiger partial charge in [0, 0.05) is 6.20 Å². The van der Waals surface area contributed by atoms with Crippen LogP contribution in [-0.2, 0) is 6.18 Å². The minimum atomic E-state index is -4.59. The van der Waals surface area contributed by atoms with Crippen LogP contribution in [0.5, 0.6) is 0 Å². The van der Waals surface area contributed by atoms with E-state index in [-0.39, 0.29) is 16.1 Å². The van der Waals surface area contributed by atoms with E-state index in [0.29, 0.717) is 0 Å². The zero-order chi connectivity index (χ0) is 14.9. The molecular formula is C9H5BrF3N5O2. The van der Waals surface area contributed by atoms with Gasteiger partial charge in [0.2, 0.25) is 0 Å². The Bertz CT molecular complexity index is 640. The SMILES string of the molecule is O=C(O)Nc1ccc(-n2cc(Br)c(C(F)(F)F)n2)nn1. The van der Waals surface area contributed by atoms with Gasteiger partial charge in [-0.1, -0.05) is 0 Å². The molecule has 0 aliphatic rings. The molecule has 0 atom stereocenters. The summed E-state index contributed by atoms with van der Waals surface area (Å²) in [6, 6.07) is 2.52. The molecule has 0 unspecified atom stereocenters. The number of carbonyl (C=O) groups is 1. The van der Waals surface area contributed by atoms with Crippen molar-refractivity contribution < 1.29 is 23.1 Å². The summed E-state index contributed by atoms with van der Waals surface area (Å²) < 4.78 is 38.3. The van der Waals surface area contributed by atoms with E-state index in [1.54, 1.807) is 0 Å². The number of alkyl halides is 3. The molecule has 0 spiro atoms. The predicted octanol–water partition coefficient (Wildman–Crippen LogP) is 2.53. The Hall–Kier alpha value is -2.17. The van der Waals surface area contributed by atoms with Crippen molar-refractivity contribution in [2.24, 2.45) is 0 Å². The van der Waals surface area contributed by atoms with Crippen molar-refractivity contribution >= 4 is 27.8 Å². The Kier molecular flexibility index (Phi) is 3.61. The summed E-state index contributed by atoms with van der Waals surface area (Å²) in [6.07, 6.45) is -4.84. The summed E-state index contributed by atoms with van der Waals surface area (Å²) in [5, 5.41) is 20.8. The van der Waals surface area contributed by atoms with E-state index < -0.39 is 18.0 Å². The molecule has 0 fully saturated rings. The van der Waals surface area contributed by atoms with Crippen molar-refractivity contribution in [1.82, 2.24) is 20.0 Å². The maximum absolute atomic E-state index is 12.6. The Morgan fingerprint density at radius 3 is 2.50 bits per heavy atom. The molecule has 2 N–H and O–H groups in total. The molecule has 2 aromatic heterocycles. The third-order valence-corrected chi connectivity index (χ3v) is 2.64. The monoisotopic (exact) mass is 351 g/mol. The maximum Gasteiger partial charge on any atom is 0.436 e. The second-order valence-corrected chi connectivity index (χ2v) is 4.33. The average Bonchev–Trinajstić information content (AvgIpc) is 2.71. The van der Waals surface area contributed by atoms with Gasteiger partial charge in [-0.15, -0.1) is 10.2 Å². The molecule has 0 saturated carbocycles. The fourth-order valence-corrected chi connectivity index (χ4v) is 1.78. The number of hydrogen-bond donors (Lipinski definition) is 2. The van der Waals surface area contributed by atoms with Crippen molar-refractivity contribution in [2.45, 2.75) is 6.18 Å². The van der Waals surface area contributed by atoms with Gasteiger partial charge in [0.05, 0.1) is 4.47 Å². The Morgan fingerprint density at radius 1 is 1.35 bits per heavy atom. The number of nitrogens with one attached hydrogen (secondary N) is 1. The van der Waals surface area contributed by atoms with Gasteiger partial charge in [0.15, 0.2) is 17.3 Å². The summed E-state index contributed by atoms with van der Waals surface area (Å²) in [4.78, 5) is 10.4. The molecule has 1 amide bonds. The first kappa shape index (κ1) is 14.2. The molecule has 2 aromatic rings. The van der Waals surface area contributed by atoms with Crippen LogP contribution in [0.2, 0.25) is 0 Å². The molecular weight excluding hydrogens is 347 g/mol. The van der Waals surface area contributed by atoms with Gasteiger partial charge in [-0.2, -0.15) is 18.3 Å². The van der Waals surface area contributed by atoms with Gasteiger partial charge < -0.3 is 5.11 Å². The van der Waals surface area contributed by atoms with Gasteiger partial charge in [0.25, 0.3) is 0 Å². The van der Waals surface area contributed by atoms with E-state index >= 15 is 0 Å². The highest BCUT2D eigenvalue weighted by Crippen LogP contribution is 2.33. The Balaban J connectivity index is 2.31. The number of halogens is 4. The molecule has 0 saturated heterocycles. The molecule has 0 aliphatic heterocycles. The lowest BCUT2D eigenvalue weighted by Crippen LogP contribution is -2.11. The number of amides is 1. The van der Waals surface area contributed by atoms with Crippen molar-refractivity contribution in [1.29, 1.82) is 0 Å². The van der Waals surface area contributed by atoms with E-state index in [4.69, 9.17) is 5.11 Å². The van der Waals surface area contributed by atoms with E-state index in [2.05, 4.69) is 31.2 Å². The molecule has 0 bridgehead atoms. The van der Waals surface area contributed by atoms with Crippen LogP contribution >= 0.6 is 15.9 Å². The van der Waals surface area contributed by atoms with Crippen molar-refractivity contribution in [2.75, 3.05) is 5.32 Å². The van der Waals surface area contributed by atoms with Crippen molar-refractivity contribution in [3.63, 3.8) is 0 Å². The van der Waals surface area contributed by atoms with E-state index in [1.807, 2.05) is 5.32 Å². The summed E-state index contributed by atoms with van der Waals surface area (Å²) in [6.45, 7) is 0. The zero-order valence-corrected chi connectivity index (χ0v) is 11.0. The summed E-state index contributed by atoms with van der Waals surface area (Å²) >= 11 is 2.76. The van der Waals surface area contributed by atoms with Gasteiger partial charge in [0.1, 0.15) is 0 Å². The van der Waals surface area contributed by atoms with Gasteiger partial charge in [-0.25, -0.2) is 9.48 Å². The Labute approximate surface area is 117 Å². The molecule has 2 heterocycles. The van der Waals surface area contributed by atoms with Crippen LogP contribution in [0.15, 0.2) is 22.8 Å². The lowest BCUT2D eigenvalue weighted by atomic mass is 10.4. The highest BCUT2D eigenvalue weighted by molar-refractivity contribution is 9.10. The van der Waals surface area contributed by atoms with E-state index in [9.17, 15) is 18.0 Å². The number of carboxylic acid groups (broad SMARTS) is 1. The van der Waals surface area contributed by atoms with Crippen LogP contribution in [0.4, 0.5) is 23.8 Å². The minimum Gasteiger partial charge on any atom is -0.465 e. The zero-order valence-electron chi connectivity index (χ0n) is 9.39. The molecule has 7 nitrogen and oxygen atoms in total. The molecule has 2 rings (SSSR count). The smallest absolute Gasteiger partial charge is 0.436 e. The first-order valence-electron chi connectivity index (χ1n) is 4.94. The summed E-state index contributed by atoms with van der Waals surface area (Å²) in [5.74, 6) is -0.0411.